The van der Waals surface area contributed by atoms with Gasteiger partial charge in [0.05, 0.1) is 6.54 Å². The fourth-order valence-corrected chi connectivity index (χ4v) is 6.34. The molecule has 5 nitrogen and oxygen atoms in total. The summed E-state index contributed by atoms with van der Waals surface area (Å²) in [5.74, 6) is 2.16. The Hall–Kier alpha value is -2.04. The monoisotopic (exact) mass is 339 g/mol. The lowest BCUT2D eigenvalue weighted by molar-refractivity contribution is -0.118. The van der Waals surface area contributed by atoms with Crippen molar-refractivity contribution in [2.24, 2.45) is 23.5 Å². The van der Waals surface area contributed by atoms with Crippen molar-refractivity contribution in [2.75, 3.05) is 11.9 Å². The molecule has 5 heteroatoms. The van der Waals surface area contributed by atoms with Gasteiger partial charge in [-0.2, -0.15) is 0 Å². The lowest BCUT2D eigenvalue weighted by atomic mass is 9.53. The van der Waals surface area contributed by atoms with Crippen LogP contribution in [-0.2, 0) is 11.3 Å². The van der Waals surface area contributed by atoms with Crippen LogP contribution in [0.4, 0.5) is 5.69 Å². The zero-order chi connectivity index (χ0) is 17.2. The van der Waals surface area contributed by atoms with Gasteiger partial charge in [-0.1, -0.05) is 0 Å². The first-order valence-corrected chi connectivity index (χ1v) is 9.48. The van der Waals surface area contributed by atoms with Gasteiger partial charge in [0.2, 0.25) is 5.91 Å². The van der Waals surface area contributed by atoms with Crippen molar-refractivity contribution < 1.29 is 9.59 Å². The van der Waals surface area contributed by atoms with Gasteiger partial charge in [0.15, 0.2) is 0 Å². The van der Waals surface area contributed by atoms with Crippen molar-refractivity contribution in [1.82, 2.24) is 4.90 Å². The fourth-order valence-electron chi connectivity index (χ4n) is 6.34. The number of nitrogens with zero attached hydrogens (tertiary/aromatic N) is 1. The largest absolute Gasteiger partial charge is 0.380 e. The average molecular weight is 339 g/mol. The summed E-state index contributed by atoms with van der Waals surface area (Å²) < 4.78 is 0. The minimum absolute atomic E-state index is 0.00868. The molecule has 5 aliphatic rings. The Labute approximate surface area is 147 Å². The average Bonchev–Trinajstić information content (AvgIpc) is 2.80. The van der Waals surface area contributed by atoms with E-state index in [2.05, 4.69) is 11.4 Å². The van der Waals surface area contributed by atoms with E-state index >= 15 is 0 Å². The highest BCUT2D eigenvalue weighted by molar-refractivity contribution is 6.00. The van der Waals surface area contributed by atoms with Gasteiger partial charge in [0, 0.05) is 23.3 Å². The first-order chi connectivity index (χ1) is 12.0. The summed E-state index contributed by atoms with van der Waals surface area (Å²) in [4.78, 5) is 25.0. The lowest BCUT2D eigenvalue weighted by Crippen LogP contribution is -2.54. The molecule has 132 valence electrons. The van der Waals surface area contributed by atoms with E-state index in [1.807, 2.05) is 12.1 Å². The van der Waals surface area contributed by atoms with E-state index in [0.717, 1.165) is 29.0 Å². The van der Waals surface area contributed by atoms with Crippen LogP contribution in [-0.4, -0.2) is 28.8 Å². The summed E-state index contributed by atoms with van der Waals surface area (Å²) in [5.41, 5.74) is 8.34. The molecule has 1 aromatic rings. The number of benzene rings is 1. The number of carbonyl (C=O) groups is 2. The van der Waals surface area contributed by atoms with Gasteiger partial charge in [-0.3, -0.25) is 9.59 Å². The topological polar surface area (TPSA) is 75.4 Å². The SMILES string of the molecule is NC(=O)CN1Cc2cc(NC34CC5CC(CC(C5)C3)C4)ccc2C1=O. The maximum atomic E-state index is 12.4. The second-order valence-electron chi connectivity index (χ2n) is 8.82. The third-order valence-electron chi connectivity index (χ3n) is 6.78. The molecule has 25 heavy (non-hydrogen) atoms. The van der Waals surface area contributed by atoms with Crippen LogP contribution >= 0.6 is 0 Å². The van der Waals surface area contributed by atoms with Crippen LogP contribution < -0.4 is 11.1 Å². The zero-order valence-corrected chi connectivity index (χ0v) is 14.5. The van der Waals surface area contributed by atoms with Crippen molar-refractivity contribution in [3.8, 4) is 0 Å². The number of nitrogens with two attached hydrogens (primary N) is 1. The molecule has 4 bridgehead atoms. The Morgan fingerprint density at radius 1 is 1.16 bits per heavy atom. The zero-order valence-electron chi connectivity index (χ0n) is 14.5. The third-order valence-corrected chi connectivity index (χ3v) is 6.78. The Kier molecular flexibility index (Phi) is 3.19. The quantitative estimate of drug-likeness (QED) is 0.885. The Morgan fingerprint density at radius 2 is 1.80 bits per heavy atom. The van der Waals surface area contributed by atoms with Gasteiger partial charge in [-0.05, 0) is 80.0 Å². The molecule has 0 saturated heterocycles. The number of carbonyl (C=O) groups excluding carboxylic acids is 2. The van der Waals surface area contributed by atoms with Crippen LogP contribution in [0.5, 0.6) is 0 Å². The number of anilines is 1. The summed E-state index contributed by atoms with van der Waals surface area (Å²) in [5, 5.41) is 3.87. The number of fused-ring (bicyclic) bond motifs is 1. The van der Waals surface area contributed by atoms with Gasteiger partial charge >= 0.3 is 0 Å². The summed E-state index contributed by atoms with van der Waals surface area (Å²) in [7, 11) is 0. The van der Waals surface area contributed by atoms with Crippen LogP contribution in [0, 0.1) is 17.8 Å². The number of amides is 2. The third kappa shape index (κ3) is 2.52. The molecular weight excluding hydrogens is 314 g/mol. The number of rotatable bonds is 4. The molecule has 0 atom stereocenters. The van der Waals surface area contributed by atoms with Gasteiger partial charge in [0.25, 0.3) is 5.91 Å². The molecular formula is C20H25N3O2. The molecule has 0 radical (unpaired) electrons. The number of hydrogen-bond acceptors (Lipinski definition) is 3. The van der Waals surface area contributed by atoms with E-state index in [9.17, 15) is 9.59 Å². The summed E-state index contributed by atoms with van der Waals surface area (Å²) >= 11 is 0. The molecule has 4 saturated carbocycles. The van der Waals surface area contributed by atoms with Gasteiger partial charge in [-0.25, -0.2) is 0 Å². The van der Waals surface area contributed by atoms with Crippen molar-refractivity contribution in [2.45, 2.75) is 50.6 Å². The Morgan fingerprint density at radius 3 is 2.40 bits per heavy atom. The number of primary amides is 1. The molecule has 0 unspecified atom stereocenters. The molecule has 1 heterocycles. The van der Waals surface area contributed by atoms with Gasteiger partial charge in [-0.15, -0.1) is 0 Å². The maximum Gasteiger partial charge on any atom is 0.254 e. The molecule has 6 rings (SSSR count). The molecule has 0 spiro atoms. The minimum Gasteiger partial charge on any atom is -0.380 e. The van der Waals surface area contributed by atoms with E-state index in [0.29, 0.717) is 12.1 Å². The van der Waals surface area contributed by atoms with E-state index in [1.54, 1.807) is 0 Å². The van der Waals surface area contributed by atoms with Crippen molar-refractivity contribution in [3.63, 3.8) is 0 Å². The van der Waals surface area contributed by atoms with E-state index in [1.165, 1.54) is 43.4 Å². The Balaban J connectivity index is 1.37. The molecule has 2 amide bonds. The highest BCUT2D eigenvalue weighted by atomic mass is 16.2. The first kappa shape index (κ1) is 15.2. The van der Waals surface area contributed by atoms with Crippen LogP contribution in [0.1, 0.15) is 54.4 Å². The molecule has 4 fully saturated rings. The smallest absolute Gasteiger partial charge is 0.254 e. The predicted octanol–water partition coefficient (Wildman–Crippen LogP) is 2.51. The van der Waals surface area contributed by atoms with E-state index in [4.69, 9.17) is 5.73 Å². The van der Waals surface area contributed by atoms with Crippen molar-refractivity contribution >= 4 is 17.5 Å². The highest BCUT2D eigenvalue weighted by Crippen LogP contribution is 2.56. The van der Waals surface area contributed by atoms with Crippen LogP contribution in [0.3, 0.4) is 0 Å². The minimum atomic E-state index is -0.465. The van der Waals surface area contributed by atoms with Gasteiger partial charge in [0.1, 0.15) is 0 Å². The number of hydrogen-bond donors (Lipinski definition) is 2. The standard InChI is InChI=1S/C20H25N3O2/c21-18(24)11-23-10-15-6-16(1-2-17(15)19(23)25)22-20-7-12-3-13(8-20)5-14(4-12)9-20/h1-2,6,12-14,22H,3-5,7-11H2,(H2,21,24). The van der Waals surface area contributed by atoms with Crippen molar-refractivity contribution in [1.29, 1.82) is 0 Å². The van der Waals surface area contributed by atoms with E-state index in [-0.39, 0.29) is 18.0 Å². The fraction of sp³-hybridized carbons (Fsp3) is 0.600. The maximum absolute atomic E-state index is 12.4. The second kappa shape index (κ2) is 5.23. The molecule has 1 aromatic carbocycles. The molecule has 0 aromatic heterocycles. The van der Waals surface area contributed by atoms with Gasteiger partial charge < -0.3 is 16.0 Å². The molecule has 3 N–H and O–H groups in total. The second-order valence-corrected chi connectivity index (χ2v) is 8.82. The van der Waals surface area contributed by atoms with Crippen LogP contribution in [0.15, 0.2) is 18.2 Å². The first-order valence-electron chi connectivity index (χ1n) is 9.48. The lowest BCUT2D eigenvalue weighted by Gasteiger charge is -2.57. The Bertz CT molecular complexity index is 722. The molecule has 4 aliphatic carbocycles. The van der Waals surface area contributed by atoms with E-state index < -0.39 is 5.91 Å². The molecule has 1 aliphatic heterocycles. The summed E-state index contributed by atoms with van der Waals surface area (Å²) in [6.07, 6.45) is 8.18. The number of nitrogens with one attached hydrogen (secondary N) is 1. The van der Waals surface area contributed by atoms with Crippen LogP contribution in [0.2, 0.25) is 0 Å². The van der Waals surface area contributed by atoms with Crippen LogP contribution in [0.25, 0.3) is 0 Å². The summed E-state index contributed by atoms with van der Waals surface area (Å²) in [6, 6.07) is 6.04. The van der Waals surface area contributed by atoms with Crippen molar-refractivity contribution in [3.05, 3.63) is 29.3 Å². The highest BCUT2D eigenvalue weighted by Gasteiger charge is 2.50. The predicted molar refractivity (Wildman–Crippen MR) is 94.9 cm³/mol. The summed E-state index contributed by atoms with van der Waals surface area (Å²) in [6.45, 7) is 0.471. The normalized spacial score (nSPS) is 35.1.